The average molecular weight is 370 g/mol. The van der Waals surface area contributed by atoms with Crippen LogP contribution in [0.5, 0.6) is 0 Å². The number of aromatic nitrogens is 3. The lowest BCUT2D eigenvalue weighted by Crippen LogP contribution is -2.48. The summed E-state index contributed by atoms with van der Waals surface area (Å²) in [6.07, 6.45) is 3.33. The molecule has 0 bridgehead atoms. The monoisotopic (exact) mass is 370 g/mol. The van der Waals surface area contributed by atoms with E-state index in [0.717, 1.165) is 16.7 Å². The summed E-state index contributed by atoms with van der Waals surface area (Å²) in [7, 11) is -3.49. The third kappa shape index (κ3) is 2.91. The van der Waals surface area contributed by atoms with Gasteiger partial charge in [0.25, 0.3) is 0 Å². The highest BCUT2D eigenvalue weighted by atomic mass is 32.2. The number of benzene rings is 1. The number of aryl methyl sites for hydroxylation is 2. The van der Waals surface area contributed by atoms with E-state index in [9.17, 15) is 8.42 Å². The van der Waals surface area contributed by atoms with Gasteiger partial charge in [-0.3, -0.25) is 4.98 Å². The Labute approximate surface area is 151 Å². The summed E-state index contributed by atoms with van der Waals surface area (Å²) in [4.78, 5) is 8.73. The fourth-order valence-corrected chi connectivity index (χ4v) is 4.44. The van der Waals surface area contributed by atoms with E-state index in [0.29, 0.717) is 29.7 Å². The molecule has 0 N–H and O–H groups in total. The highest BCUT2D eigenvalue weighted by Gasteiger charge is 2.40. The second-order valence-electron chi connectivity index (χ2n) is 6.46. The van der Waals surface area contributed by atoms with Crippen LogP contribution in [-0.4, -0.2) is 40.9 Å². The molecule has 0 unspecified atom stereocenters. The first-order valence-electron chi connectivity index (χ1n) is 8.26. The summed E-state index contributed by atoms with van der Waals surface area (Å²) in [5, 5.41) is 3.96. The molecule has 1 aliphatic heterocycles. The quantitative estimate of drug-likeness (QED) is 0.701. The Kier molecular flexibility index (Phi) is 4.08. The van der Waals surface area contributed by atoms with Gasteiger partial charge < -0.3 is 4.52 Å². The zero-order chi connectivity index (χ0) is 18.3. The minimum absolute atomic E-state index is 0.0887. The van der Waals surface area contributed by atoms with Gasteiger partial charge in [0.15, 0.2) is 0 Å². The summed E-state index contributed by atoms with van der Waals surface area (Å²) in [5.74, 6) is 0.827. The Hall–Kier alpha value is -2.58. The topological polar surface area (TPSA) is 89.2 Å². The first-order chi connectivity index (χ1) is 12.4. The van der Waals surface area contributed by atoms with Crippen LogP contribution in [0.2, 0.25) is 0 Å². The van der Waals surface area contributed by atoms with E-state index in [1.54, 1.807) is 30.6 Å². The van der Waals surface area contributed by atoms with E-state index in [-0.39, 0.29) is 5.92 Å². The maximum atomic E-state index is 12.7. The molecule has 8 heteroatoms. The van der Waals surface area contributed by atoms with Crippen molar-refractivity contribution in [1.82, 2.24) is 19.4 Å². The van der Waals surface area contributed by atoms with Gasteiger partial charge in [-0.25, -0.2) is 8.42 Å². The van der Waals surface area contributed by atoms with Crippen molar-refractivity contribution in [3.63, 3.8) is 0 Å². The largest absolute Gasteiger partial charge is 0.339 e. The molecule has 134 valence electrons. The molecule has 3 heterocycles. The molecule has 1 aromatic carbocycles. The van der Waals surface area contributed by atoms with E-state index in [1.807, 2.05) is 26.0 Å². The molecule has 3 aromatic rings. The molecule has 0 saturated carbocycles. The number of nitrogens with zero attached hydrogens (tertiary/aromatic N) is 4. The summed E-state index contributed by atoms with van der Waals surface area (Å²) in [5.41, 5.74) is 2.79. The minimum atomic E-state index is -3.49. The summed E-state index contributed by atoms with van der Waals surface area (Å²) in [6.45, 7) is 4.54. The SMILES string of the molecule is Cc1ccc(S(=O)(=O)N2CC(c3nc(-c4cccnc4)no3)C2)cc1C. The van der Waals surface area contributed by atoms with Crippen molar-refractivity contribution >= 4 is 10.0 Å². The van der Waals surface area contributed by atoms with Crippen molar-refractivity contribution in [2.75, 3.05) is 13.1 Å². The van der Waals surface area contributed by atoms with Crippen molar-refractivity contribution in [2.24, 2.45) is 0 Å². The normalized spacial score (nSPS) is 15.8. The molecule has 0 aliphatic carbocycles. The van der Waals surface area contributed by atoms with Gasteiger partial charge in [-0.05, 0) is 49.2 Å². The molecule has 2 aromatic heterocycles. The first-order valence-corrected chi connectivity index (χ1v) is 9.70. The van der Waals surface area contributed by atoms with Gasteiger partial charge in [0, 0.05) is 31.0 Å². The maximum Gasteiger partial charge on any atom is 0.243 e. The molecule has 0 atom stereocenters. The van der Waals surface area contributed by atoms with Gasteiger partial charge in [0.05, 0.1) is 10.8 Å². The van der Waals surface area contributed by atoms with Crippen LogP contribution < -0.4 is 0 Å². The summed E-state index contributed by atoms with van der Waals surface area (Å²) >= 11 is 0. The van der Waals surface area contributed by atoms with Gasteiger partial charge in [-0.15, -0.1) is 0 Å². The van der Waals surface area contributed by atoms with E-state index in [4.69, 9.17) is 4.52 Å². The molecule has 26 heavy (non-hydrogen) atoms. The van der Waals surface area contributed by atoms with Crippen LogP contribution >= 0.6 is 0 Å². The predicted octanol–water partition coefficient (Wildman–Crippen LogP) is 2.54. The fraction of sp³-hybridized carbons (Fsp3) is 0.278. The Morgan fingerprint density at radius 3 is 2.65 bits per heavy atom. The Morgan fingerprint density at radius 2 is 1.96 bits per heavy atom. The van der Waals surface area contributed by atoms with Crippen LogP contribution in [0.4, 0.5) is 0 Å². The van der Waals surface area contributed by atoms with Crippen molar-refractivity contribution in [3.8, 4) is 11.4 Å². The zero-order valence-corrected chi connectivity index (χ0v) is 15.3. The third-order valence-corrected chi connectivity index (χ3v) is 6.50. The fourth-order valence-electron chi connectivity index (χ4n) is 2.83. The molecule has 1 aliphatic rings. The van der Waals surface area contributed by atoms with Gasteiger partial charge in [-0.2, -0.15) is 9.29 Å². The minimum Gasteiger partial charge on any atom is -0.339 e. The van der Waals surface area contributed by atoms with E-state index in [2.05, 4.69) is 15.1 Å². The summed E-state index contributed by atoms with van der Waals surface area (Å²) in [6, 6.07) is 8.84. The molecule has 4 rings (SSSR count). The first kappa shape index (κ1) is 16.9. The third-order valence-electron chi connectivity index (χ3n) is 4.67. The number of pyridine rings is 1. The van der Waals surface area contributed by atoms with Crippen LogP contribution in [-0.2, 0) is 10.0 Å². The smallest absolute Gasteiger partial charge is 0.243 e. The molecule has 7 nitrogen and oxygen atoms in total. The Balaban J connectivity index is 1.48. The predicted molar refractivity (Wildman–Crippen MR) is 94.9 cm³/mol. The number of rotatable bonds is 4. The molecule has 0 spiro atoms. The second kappa shape index (κ2) is 6.30. The molecule has 0 radical (unpaired) electrons. The van der Waals surface area contributed by atoms with Crippen LogP contribution in [0, 0.1) is 13.8 Å². The molecule has 1 saturated heterocycles. The molecule has 0 amide bonds. The van der Waals surface area contributed by atoms with Gasteiger partial charge in [0.1, 0.15) is 0 Å². The lowest BCUT2D eigenvalue weighted by molar-refractivity contribution is 0.217. The lowest BCUT2D eigenvalue weighted by Gasteiger charge is -2.35. The maximum absolute atomic E-state index is 12.7. The van der Waals surface area contributed by atoms with Gasteiger partial charge in [0.2, 0.25) is 21.7 Å². The van der Waals surface area contributed by atoms with Crippen LogP contribution in [0.25, 0.3) is 11.4 Å². The van der Waals surface area contributed by atoms with Crippen LogP contribution in [0.1, 0.15) is 22.9 Å². The Bertz CT molecular complexity index is 1040. The standard InChI is InChI=1S/C18H18N4O3S/c1-12-5-6-16(8-13(12)2)26(23,24)22-10-15(11-22)18-20-17(21-25-18)14-4-3-7-19-9-14/h3-9,15H,10-11H2,1-2H3. The number of hydrogen-bond donors (Lipinski definition) is 0. The Morgan fingerprint density at radius 1 is 1.15 bits per heavy atom. The summed E-state index contributed by atoms with van der Waals surface area (Å²) < 4.78 is 32.2. The van der Waals surface area contributed by atoms with Crippen LogP contribution in [0.15, 0.2) is 52.1 Å². The molecule has 1 fully saturated rings. The zero-order valence-electron chi connectivity index (χ0n) is 14.5. The lowest BCUT2D eigenvalue weighted by atomic mass is 10.0. The number of sulfonamides is 1. The average Bonchev–Trinajstić information content (AvgIpc) is 3.06. The number of hydrogen-bond acceptors (Lipinski definition) is 6. The van der Waals surface area contributed by atoms with Crippen molar-refractivity contribution < 1.29 is 12.9 Å². The van der Waals surface area contributed by atoms with Crippen molar-refractivity contribution in [3.05, 3.63) is 59.7 Å². The second-order valence-corrected chi connectivity index (χ2v) is 8.40. The van der Waals surface area contributed by atoms with Gasteiger partial charge >= 0.3 is 0 Å². The van der Waals surface area contributed by atoms with E-state index < -0.39 is 10.0 Å². The highest BCUT2D eigenvalue weighted by molar-refractivity contribution is 7.89. The van der Waals surface area contributed by atoms with Crippen LogP contribution in [0.3, 0.4) is 0 Å². The van der Waals surface area contributed by atoms with E-state index in [1.165, 1.54) is 4.31 Å². The van der Waals surface area contributed by atoms with Crippen molar-refractivity contribution in [1.29, 1.82) is 0 Å². The van der Waals surface area contributed by atoms with E-state index >= 15 is 0 Å². The highest BCUT2D eigenvalue weighted by Crippen LogP contribution is 2.32. The van der Waals surface area contributed by atoms with Crippen molar-refractivity contribution in [2.45, 2.75) is 24.7 Å². The molecular formula is C18H18N4O3S. The van der Waals surface area contributed by atoms with Gasteiger partial charge in [-0.1, -0.05) is 11.2 Å². The molecular weight excluding hydrogens is 352 g/mol.